The van der Waals surface area contributed by atoms with E-state index in [4.69, 9.17) is 4.74 Å². The van der Waals surface area contributed by atoms with Crippen molar-refractivity contribution in [2.24, 2.45) is 5.41 Å². The Morgan fingerprint density at radius 1 is 1.20 bits per heavy atom. The van der Waals surface area contributed by atoms with Crippen molar-refractivity contribution in [1.82, 2.24) is 5.32 Å². The van der Waals surface area contributed by atoms with Crippen molar-refractivity contribution < 1.29 is 17.9 Å². The summed E-state index contributed by atoms with van der Waals surface area (Å²) < 4.78 is 41.9. The maximum absolute atomic E-state index is 12.4. The summed E-state index contributed by atoms with van der Waals surface area (Å²) in [6, 6.07) is 0.0739. The zero-order chi connectivity index (χ0) is 11.7. The fourth-order valence-electron chi connectivity index (χ4n) is 1.69. The first-order valence-corrected chi connectivity index (χ1v) is 5.13. The van der Waals surface area contributed by atoms with Crippen LogP contribution in [-0.4, -0.2) is 31.5 Å². The second-order valence-electron chi connectivity index (χ2n) is 5.02. The van der Waals surface area contributed by atoms with Crippen LogP contribution in [0, 0.1) is 5.41 Å². The molecule has 1 heterocycles. The monoisotopic (exact) mass is 225 g/mol. The molecule has 0 amide bonds. The number of halogens is 3. The van der Waals surface area contributed by atoms with Gasteiger partial charge in [0.2, 0.25) is 0 Å². The molecule has 0 aromatic rings. The van der Waals surface area contributed by atoms with E-state index < -0.39 is 12.3 Å². The summed E-state index contributed by atoms with van der Waals surface area (Å²) in [5, 5.41) is 2.93. The zero-order valence-corrected chi connectivity index (χ0v) is 9.32. The predicted molar refractivity (Wildman–Crippen MR) is 51.7 cm³/mol. The molecule has 0 aromatic heterocycles. The molecule has 1 saturated heterocycles. The third kappa shape index (κ3) is 3.65. The molecule has 1 aliphatic heterocycles. The first-order valence-electron chi connectivity index (χ1n) is 5.13. The first kappa shape index (κ1) is 12.8. The molecule has 0 aliphatic carbocycles. The van der Waals surface area contributed by atoms with Gasteiger partial charge in [0.05, 0.1) is 0 Å². The molecule has 2 nitrogen and oxygen atoms in total. The highest BCUT2D eigenvalue weighted by molar-refractivity contribution is 4.85. The number of nitrogens with one attached hydrogen (secondary N) is 1. The molecule has 1 N–H and O–H groups in total. The largest absolute Gasteiger partial charge is 0.415 e. The van der Waals surface area contributed by atoms with Crippen LogP contribution in [0.3, 0.4) is 0 Å². The second kappa shape index (κ2) is 4.29. The quantitative estimate of drug-likeness (QED) is 0.683. The third-order valence-electron chi connectivity index (χ3n) is 2.69. The minimum atomic E-state index is -4.26. The van der Waals surface area contributed by atoms with Crippen molar-refractivity contribution in [2.45, 2.75) is 45.5 Å². The number of alkyl halides is 3. The Kier molecular flexibility index (Phi) is 3.66. The lowest BCUT2D eigenvalue weighted by Crippen LogP contribution is -2.45. The van der Waals surface area contributed by atoms with Crippen molar-refractivity contribution in [1.29, 1.82) is 0 Å². The van der Waals surface area contributed by atoms with Crippen LogP contribution < -0.4 is 5.32 Å². The van der Waals surface area contributed by atoms with Crippen LogP contribution in [0.4, 0.5) is 13.2 Å². The lowest BCUT2D eigenvalue weighted by molar-refractivity contribution is -0.215. The van der Waals surface area contributed by atoms with Crippen molar-refractivity contribution >= 4 is 0 Å². The van der Waals surface area contributed by atoms with E-state index >= 15 is 0 Å². The van der Waals surface area contributed by atoms with Crippen LogP contribution in [0.2, 0.25) is 0 Å². The second-order valence-corrected chi connectivity index (χ2v) is 5.02. The molecule has 0 bridgehead atoms. The Bertz CT molecular complexity index is 188. The van der Waals surface area contributed by atoms with Gasteiger partial charge in [-0.2, -0.15) is 13.2 Å². The molecular weight excluding hydrogens is 207 g/mol. The lowest BCUT2D eigenvalue weighted by atomic mass is 9.85. The molecule has 5 heteroatoms. The first-order chi connectivity index (χ1) is 6.71. The average molecular weight is 225 g/mol. The van der Waals surface area contributed by atoms with E-state index in [1.54, 1.807) is 0 Å². The fraction of sp³-hybridized carbons (Fsp3) is 1.00. The van der Waals surface area contributed by atoms with E-state index in [1.165, 1.54) is 0 Å². The highest BCUT2D eigenvalue weighted by Crippen LogP contribution is 2.28. The summed E-state index contributed by atoms with van der Waals surface area (Å²) in [4.78, 5) is 0. The van der Waals surface area contributed by atoms with Crippen molar-refractivity contribution in [2.75, 3.05) is 13.2 Å². The summed E-state index contributed by atoms with van der Waals surface area (Å²) in [5.74, 6) is 0. The fourth-order valence-corrected chi connectivity index (χ4v) is 1.69. The standard InChI is InChI=1S/C10H18F3NO/c1-9(2,3)7-4-5-15-8(6-14-7)10(11,12)13/h7-8,14H,4-6H2,1-3H3. The van der Waals surface area contributed by atoms with Gasteiger partial charge in [-0.25, -0.2) is 0 Å². The van der Waals surface area contributed by atoms with Gasteiger partial charge in [-0.05, 0) is 11.8 Å². The Morgan fingerprint density at radius 3 is 2.27 bits per heavy atom. The van der Waals surface area contributed by atoms with Gasteiger partial charge < -0.3 is 10.1 Å². The average Bonchev–Trinajstić information content (AvgIpc) is 2.24. The van der Waals surface area contributed by atoms with E-state index in [9.17, 15) is 13.2 Å². The van der Waals surface area contributed by atoms with Gasteiger partial charge >= 0.3 is 6.18 Å². The molecule has 2 unspecified atom stereocenters. The van der Waals surface area contributed by atoms with Crippen LogP contribution in [0.5, 0.6) is 0 Å². The molecule has 1 fully saturated rings. The number of hydrogen-bond donors (Lipinski definition) is 1. The van der Waals surface area contributed by atoms with E-state index in [2.05, 4.69) is 5.32 Å². The summed E-state index contributed by atoms with van der Waals surface area (Å²) >= 11 is 0. The van der Waals surface area contributed by atoms with Gasteiger partial charge in [0, 0.05) is 19.2 Å². The number of hydrogen-bond acceptors (Lipinski definition) is 2. The van der Waals surface area contributed by atoms with Gasteiger partial charge in [0.1, 0.15) is 0 Å². The van der Waals surface area contributed by atoms with E-state index in [0.29, 0.717) is 6.42 Å². The van der Waals surface area contributed by atoms with Gasteiger partial charge in [-0.15, -0.1) is 0 Å². The van der Waals surface area contributed by atoms with E-state index in [0.717, 1.165) is 0 Å². The highest BCUT2D eigenvalue weighted by atomic mass is 19.4. The lowest BCUT2D eigenvalue weighted by Gasteiger charge is -2.30. The van der Waals surface area contributed by atoms with Gasteiger partial charge in [-0.1, -0.05) is 20.8 Å². The minimum Gasteiger partial charge on any atom is -0.367 e. The summed E-state index contributed by atoms with van der Waals surface area (Å²) in [6.07, 6.45) is -5.31. The Hall–Kier alpha value is -0.290. The third-order valence-corrected chi connectivity index (χ3v) is 2.69. The van der Waals surface area contributed by atoms with E-state index in [1.807, 2.05) is 20.8 Å². The minimum absolute atomic E-state index is 0.0378. The van der Waals surface area contributed by atoms with Crippen LogP contribution in [-0.2, 0) is 4.74 Å². The Morgan fingerprint density at radius 2 is 1.80 bits per heavy atom. The zero-order valence-electron chi connectivity index (χ0n) is 9.32. The molecule has 0 saturated carbocycles. The van der Waals surface area contributed by atoms with Crippen LogP contribution in [0.25, 0.3) is 0 Å². The van der Waals surface area contributed by atoms with Gasteiger partial charge in [0.15, 0.2) is 6.10 Å². The summed E-state index contributed by atoms with van der Waals surface area (Å²) in [5.41, 5.74) is -0.0378. The SMILES string of the molecule is CC(C)(C)C1CCOC(C(F)(F)F)CN1. The highest BCUT2D eigenvalue weighted by Gasteiger charge is 2.42. The smallest absolute Gasteiger partial charge is 0.367 e. The summed E-state index contributed by atoms with van der Waals surface area (Å²) in [7, 11) is 0. The van der Waals surface area contributed by atoms with Crippen molar-refractivity contribution in [3.8, 4) is 0 Å². The van der Waals surface area contributed by atoms with Crippen molar-refractivity contribution in [3.05, 3.63) is 0 Å². The molecule has 0 spiro atoms. The Labute approximate surface area is 88.2 Å². The van der Waals surface area contributed by atoms with Gasteiger partial charge in [0.25, 0.3) is 0 Å². The van der Waals surface area contributed by atoms with E-state index in [-0.39, 0.29) is 24.6 Å². The maximum atomic E-state index is 12.4. The molecule has 2 atom stereocenters. The molecule has 0 aromatic carbocycles. The number of ether oxygens (including phenoxy) is 1. The summed E-state index contributed by atoms with van der Waals surface area (Å²) in [6.45, 7) is 6.06. The van der Waals surface area contributed by atoms with Gasteiger partial charge in [-0.3, -0.25) is 0 Å². The topological polar surface area (TPSA) is 21.3 Å². The Balaban J connectivity index is 2.57. The number of rotatable bonds is 0. The van der Waals surface area contributed by atoms with Crippen LogP contribution in [0.1, 0.15) is 27.2 Å². The normalized spacial score (nSPS) is 30.0. The van der Waals surface area contributed by atoms with Crippen molar-refractivity contribution in [3.63, 3.8) is 0 Å². The molecule has 90 valence electrons. The maximum Gasteiger partial charge on any atom is 0.415 e. The molecule has 1 aliphatic rings. The molecule has 1 rings (SSSR count). The van der Waals surface area contributed by atoms with Crippen LogP contribution >= 0.6 is 0 Å². The van der Waals surface area contributed by atoms with Crippen LogP contribution in [0.15, 0.2) is 0 Å². The predicted octanol–water partition coefficient (Wildman–Crippen LogP) is 2.34. The molecular formula is C10H18F3NO. The molecule has 15 heavy (non-hydrogen) atoms. The molecule has 0 radical (unpaired) electrons.